The number of rotatable bonds is 3. The van der Waals surface area contributed by atoms with Crippen LogP contribution < -0.4 is 0 Å². The van der Waals surface area contributed by atoms with E-state index in [4.69, 9.17) is 0 Å². The van der Waals surface area contributed by atoms with Gasteiger partial charge in [-0.25, -0.2) is 0 Å². The number of aromatic amines is 1. The van der Waals surface area contributed by atoms with Gasteiger partial charge in [-0.2, -0.15) is 0 Å². The molecule has 2 nitrogen and oxygen atoms in total. The second-order valence-electron chi connectivity index (χ2n) is 5.99. The molecule has 1 fully saturated rings. The van der Waals surface area contributed by atoms with Crippen molar-refractivity contribution in [1.29, 1.82) is 0 Å². The maximum atomic E-state index is 3.45. The highest BCUT2D eigenvalue weighted by Gasteiger charge is 2.30. The summed E-state index contributed by atoms with van der Waals surface area (Å²) in [5.41, 5.74) is 2.82. The molecule has 3 heteroatoms. The first-order chi connectivity index (χ1) is 9.15. The number of hydrogen-bond donors (Lipinski definition) is 1. The van der Waals surface area contributed by atoms with E-state index in [9.17, 15) is 0 Å². The second-order valence-corrected chi connectivity index (χ2v) is 7.24. The zero-order valence-electron chi connectivity index (χ0n) is 11.6. The van der Waals surface area contributed by atoms with Crippen molar-refractivity contribution in [2.45, 2.75) is 25.2 Å². The molecule has 1 N–H and O–H groups in total. The van der Waals surface area contributed by atoms with Crippen molar-refractivity contribution >= 4 is 33.5 Å². The fourth-order valence-electron chi connectivity index (χ4n) is 3.56. The zero-order chi connectivity index (χ0) is 13.4. The van der Waals surface area contributed by atoms with Crippen LogP contribution in [-0.4, -0.2) is 30.5 Å². The molecule has 1 aliphatic rings. The van der Waals surface area contributed by atoms with Gasteiger partial charge >= 0.3 is 0 Å². The maximum Gasteiger partial charge on any atom is 0.0457 e. The number of nitrogens with one attached hydrogen (secondary N) is 1. The molecule has 2 atom stereocenters. The molecule has 0 aliphatic heterocycles. The molecule has 1 heterocycles. The van der Waals surface area contributed by atoms with Crippen LogP contribution in [0.5, 0.6) is 0 Å². The summed E-state index contributed by atoms with van der Waals surface area (Å²) in [4.78, 5) is 5.78. The number of H-pyrrole nitrogens is 1. The van der Waals surface area contributed by atoms with E-state index in [2.05, 4.69) is 71.0 Å². The van der Waals surface area contributed by atoms with Crippen molar-refractivity contribution in [2.24, 2.45) is 5.92 Å². The van der Waals surface area contributed by atoms with Gasteiger partial charge in [0.15, 0.2) is 0 Å². The van der Waals surface area contributed by atoms with E-state index in [0.29, 0.717) is 0 Å². The Hall–Kier alpha value is -0.550. The highest BCUT2D eigenvalue weighted by atomic mass is 127. The third kappa shape index (κ3) is 2.68. The summed E-state index contributed by atoms with van der Waals surface area (Å²) in [5, 5.41) is 1.43. The quantitative estimate of drug-likeness (QED) is 0.804. The summed E-state index contributed by atoms with van der Waals surface area (Å²) in [6.45, 7) is 1.21. The lowest BCUT2D eigenvalue weighted by Gasteiger charge is -2.23. The minimum atomic E-state index is 0.731. The maximum absolute atomic E-state index is 3.45. The first-order valence-electron chi connectivity index (χ1n) is 7.06. The molecule has 1 aliphatic carbocycles. The molecule has 19 heavy (non-hydrogen) atoms. The average molecular weight is 368 g/mol. The molecular weight excluding hydrogens is 347 g/mol. The summed E-state index contributed by atoms with van der Waals surface area (Å²) in [7, 11) is 4.38. The van der Waals surface area contributed by atoms with Crippen LogP contribution in [0.2, 0.25) is 0 Å². The van der Waals surface area contributed by atoms with Gasteiger partial charge in [-0.3, -0.25) is 0 Å². The van der Waals surface area contributed by atoms with E-state index in [1.165, 1.54) is 45.8 Å². The Morgan fingerprint density at radius 2 is 2.16 bits per heavy atom. The Kier molecular flexibility index (Phi) is 3.85. The SMILES string of the molecule is CN(C)CC1CCCC1c1c[nH]c2ccc(I)cc12. The van der Waals surface area contributed by atoms with Gasteiger partial charge in [-0.15, -0.1) is 0 Å². The lowest BCUT2D eigenvalue weighted by Crippen LogP contribution is -2.23. The van der Waals surface area contributed by atoms with Crippen molar-refractivity contribution in [1.82, 2.24) is 9.88 Å². The topological polar surface area (TPSA) is 19.0 Å². The predicted molar refractivity (Wildman–Crippen MR) is 89.7 cm³/mol. The van der Waals surface area contributed by atoms with E-state index in [1.54, 1.807) is 0 Å². The molecule has 1 aromatic heterocycles. The van der Waals surface area contributed by atoms with E-state index < -0.39 is 0 Å². The van der Waals surface area contributed by atoms with Crippen LogP contribution in [-0.2, 0) is 0 Å². The van der Waals surface area contributed by atoms with Crippen LogP contribution in [0.3, 0.4) is 0 Å². The number of halogens is 1. The summed E-state index contributed by atoms with van der Waals surface area (Å²) >= 11 is 2.41. The van der Waals surface area contributed by atoms with Crippen LogP contribution in [0.15, 0.2) is 24.4 Å². The zero-order valence-corrected chi connectivity index (χ0v) is 13.8. The van der Waals surface area contributed by atoms with Crippen LogP contribution in [0.1, 0.15) is 30.7 Å². The van der Waals surface area contributed by atoms with E-state index >= 15 is 0 Å². The van der Waals surface area contributed by atoms with Gasteiger partial charge in [0.25, 0.3) is 0 Å². The van der Waals surface area contributed by atoms with E-state index in [0.717, 1.165) is 11.8 Å². The summed E-state index contributed by atoms with van der Waals surface area (Å²) in [5.74, 6) is 1.54. The molecule has 0 bridgehead atoms. The van der Waals surface area contributed by atoms with Crippen LogP contribution >= 0.6 is 22.6 Å². The number of nitrogens with zero attached hydrogens (tertiary/aromatic N) is 1. The lowest BCUT2D eigenvalue weighted by molar-refractivity contribution is 0.310. The van der Waals surface area contributed by atoms with Crippen molar-refractivity contribution in [3.05, 3.63) is 33.5 Å². The average Bonchev–Trinajstić information content (AvgIpc) is 2.94. The second kappa shape index (κ2) is 5.44. The summed E-state index contributed by atoms with van der Waals surface area (Å²) < 4.78 is 1.33. The molecule has 0 amide bonds. The molecule has 1 aromatic carbocycles. The Labute approximate surface area is 128 Å². The summed E-state index contributed by atoms with van der Waals surface area (Å²) in [6, 6.07) is 6.71. The molecule has 102 valence electrons. The molecule has 1 saturated carbocycles. The number of fused-ring (bicyclic) bond motifs is 1. The monoisotopic (exact) mass is 368 g/mol. The van der Waals surface area contributed by atoms with E-state index in [-0.39, 0.29) is 0 Å². The number of aromatic nitrogens is 1. The smallest absolute Gasteiger partial charge is 0.0457 e. The van der Waals surface area contributed by atoms with Gasteiger partial charge in [0.2, 0.25) is 0 Å². The van der Waals surface area contributed by atoms with Gasteiger partial charge < -0.3 is 9.88 Å². The molecule has 0 radical (unpaired) electrons. The van der Waals surface area contributed by atoms with Crippen molar-refractivity contribution in [3.8, 4) is 0 Å². The van der Waals surface area contributed by atoms with E-state index in [1.807, 2.05) is 0 Å². The Morgan fingerprint density at radius 1 is 1.32 bits per heavy atom. The summed E-state index contributed by atoms with van der Waals surface area (Å²) in [6.07, 6.45) is 6.34. The standard InChI is InChI=1S/C16H21IN2/c1-19(2)10-11-4-3-5-13(11)15-9-18-16-7-6-12(17)8-14(15)16/h6-9,11,13,18H,3-5,10H2,1-2H3. The Morgan fingerprint density at radius 3 is 2.95 bits per heavy atom. The van der Waals surface area contributed by atoms with Gasteiger partial charge in [-0.1, -0.05) is 6.42 Å². The largest absolute Gasteiger partial charge is 0.361 e. The van der Waals surface area contributed by atoms with Gasteiger partial charge in [0, 0.05) is 27.2 Å². The van der Waals surface area contributed by atoms with Gasteiger partial charge in [-0.05, 0) is 85.1 Å². The Balaban J connectivity index is 1.96. The molecule has 0 saturated heterocycles. The Bertz CT molecular complexity index is 573. The first kappa shape index (κ1) is 13.4. The first-order valence-corrected chi connectivity index (χ1v) is 8.14. The van der Waals surface area contributed by atoms with Gasteiger partial charge in [0.1, 0.15) is 0 Å². The van der Waals surface area contributed by atoms with Gasteiger partial charge in [0.05, 0.1) is 0 Å². The van der Waals surface area contributed by atoms with Crippen LogP contribution in [0.4, 0.5) is 0 Å². The number of hydrogen-bond acceptors (Lipinski definition) is 1. The highest BCUT2D eigenvalue weighted by molar-refractivity contribution is 14.1. The minimum Gasteiger partial charge on any atom is -0.361 e. The molecular formula is C16H21IN2. The molecule has 2 unspecified atom stereocenters. The molecule has 2 aromatic rings. The van der Waals surface area contributed by atoms with Crippen LogP contribution in [0, 0.1) is 9.49 Å². The van der Waals surface area contributed by atoms with Crippen molar-refractivity contribution < 1.29 is 0 Å². The fourth-order valence-corrected chi connectivity index (χ4v) is 4.05. The fraction of sp³-hybridized carbons (Fsp3) is 0.500. The van der Waals surface area contributed by atoms with Crippen molar-refractivity contribution in [2.75, 3.05) is 20.6 Å². The normalized spacial score (nSPS) is 23.6. The van der Waals surface area contributed by atoms with Crippen molar-refractivity contribution in [3.63, 3.8) is 0 Å². The highest BCUT2D eigenvalue weighted by Crippen LogP contribution is 2.42. The lowest BCUT2D eigenvalue weighted by atomic mass is 9.88. The molecule has 3 rings (SSSR count). The predicted octanol–water partition coefficient (Wildman–Crippen LogP) is 4.22. The third-order valence-electron chi connectivity index (χ3n) is 4.33. The third-order valence-corrected chi connectivity index (χ3v) is 5.00. The minimum absolute atomic E-state index is 0.731. The molecule has 0 spiro atoms. The number of benzene rings is 1. The van der Waals surface area contributed by atoms with Crippen LogP contribution in [0.25, 0.3) is 10.9 Å².